The van der Waals surface area contributed by atoms with Crippen LogP contribution in [0.25, 0.3) is 0 Å². The molecule has 0 aliphatic heterocycles. The minimum atomic E-state index is -1.08. The molecule has 2 heterocycles. The molecule has 130 valence electrons. The maximum absolute atomic E-state index is 12.3. The summed E-state index contributed by atoms with van der Waals surface area (Å²) >= 11 is 1.47. The molecule has 0 saturated heterocycles. The van der Waals surface area contributed by atoms with Gasteiger partial charge in [-0.15, -0.1) is 11.3 Å². The van der Waals surface area contributed by atoms with Crippen LogP contribution < -0.4 is 10.6 Å². The number of pyridine rings is 1. The molecule has 0 spiro atoms. The van der Waals surface area contributed by atoms with Gasteiger partial charge in [0.2, 0.25) is 0 Å². The first-order chi connectivity index (χ1) is 11.3. The average molecular weight is 347 g/mol. The van der Waals surface area contributed by atoms with Gasteiger partial charge in [0.25, 0.3) is 0 Å². The number of carbonyl (C=O) groups is 1. The summed E-state index contributed by atoms with van der Waals surface area (Å²) in [4.78, 5) is 17.5. The predicted octanol–water partition coefficient (Wildman–Crippen LogP) is 3.36. The Balaban J connectivity index is 2.00. The van der Waals surface area contributed by atoms with Crippen LogP contribution in [0.2, 0.25) is 0 Å². The van der Waals surface area contributed by atoms with Gasteiger partial charge in [0, 0.05) is 11.1 Å². The highest BCUT2D eigenvalue weighted by molar-refractivity contribution is 7.10. The van der Waals surface area contributed by atoms with E-state index in [2.05, 4.69) is 15.6 Å². The third-order valence-corrected chi connectivity index (χ3v) is 5.07. The molecule has 2 rings (SSSR count). The first-order valence-electron chi connectivity index (χ1n) is 8.03. The second-order valence-electron chi connectivity index (χ2n) is 6.51. The van der Waals surface area contributed by atoms with E-state index in [1.807, 2.05) is 50.4 Å². The molecule has 0 fully saturated rings. The van der Waals surface area contributed by atoms with Crippen LogP contribution in [0.5, 0.6) is 0 Å². The number of nitrogens with zero attached hydrogens (tertiary/aromatic N) is 1. The zero-order valence-electron chi connectivity index (χ0n) is 14.5. The molecule has 6 heteroatoms. The van der Waals surface area contributed by atoms with Gasteiger partial charge in [-0.1, -0.05) is 26.0 Å². The second kappa shape index (κ2) is 7.77. The fraction of sp³-hybridized carbons (Fsp3) is 0.444. The number of aromatic nitrogens is 1. The van der Waals surface area contributed by atoms with E-state index in [4.69, 9.17) is 0 Å². The summed E-state index contributed by atoms with van der Waals surface area (Å²) in [7, 11) is 0. The van der Waals surface area contributed by atoms with Crippen molar-refractivity contribution in [2.45, 2.75) is 39.3 Å². The standard InChI is InChI=1S/C18H25N3O2S/c1-12(2)15(16-13(3)7-5-9-19-16)21-17(22)20-11-18(4,23)14-8-6-10-24-14/h5-10,12,15,23H,11H2,1-4H3,(H2,20,21,22). The van der Waals surface area contributed by atoms with Crippen molar-refractivity contribution < 1.29 is 9.90 Å². The van der Waals surface area contributed by atoms with Gasteiger partial charge in [0.05, 0.1) is 18.3 Å². The Morgan fingerprint density at radius 2 is 2.12 bits per heavy atom. The summed E-state index contributed by atoms with van der Waals surface area (Å²) in [6.07, 6.45) is 1.74. The minimum Gasteiger partial charge on any atom is -0.383 e. The van der Waals surface area contributed by atoms with Gasteiger partial charge in [-0.3, -0.25) is 4.98 Å². The van der Waals surface area contributed by atoms with Crippen LogP contribution in [0.1, 0.15) is 42.9 Å². The lowest BCUT2D eigenvalue weighted by atomic mass is 9.97. The molecule has 2 aromatic rings. The smallest absolute Gasteiger partial charge is 0.315 e. The monoisotopic (exact) mass is 347 g/mol. The highest BCUT2D eigenvalue weighted by atomic mass is 32.1. The number of nitrogens with one attached hydrogen (secondary N) is 2. The molecule has 2 aromatic heterocycles. The summed E-state index contributed by atoms with van der Waals surface area (Å²) in [5.74, 6) is 0.196. The van der Waals surface area contributed by atoms with Gasteiger partial charge < -0.3 is 15.7 Å². The van der Waals surface area contributed by atoms with Crippen molar-refractivity contribution in [2.24, 2.45) is 5.92 Å². The predicted molar refractivity (Wildman–Crippen MR) is 97.0 cm³/mol. The molecule has 24 heavy (non-hydrogen) atoms. The molecule has 5 nitrogen and oxygen atoms in total. The lowest BCUT2D eigenvalue weighted by Crippen LogP contribution is -2.45. The van der Waals surface area contributed by atoms with Crippen molar-refractivity contribution >= 4 is 17.4 Å². The van der Waals surface area contributed by atoms with Crippen LogP contribution in [0.4, 0.5) is 4.79 Å². The molecule has 2 amide bonds. The van der Waals surface area contributed by atoms with E-state index in [1.165, 1.54) is 11.3 Å². The number of amides is 2. The van der Waals surface area contributed by atoms with E-state index in [9.17, 15) is 9.90 Å². The molecule has 2 unspecified atom stereocenters. The highest BCUT2D eigenvalue weighted by Gasteiger charge is 2.26. The quantitative estimate of drug-likeness (QED) is 0.750. The second-order valence-corrected chi connectivity index (χ2v) is 7.45. The van der Waals surface area contributed by atoms with E-state index in [-0.39, 0.29) is 24.5 Å². The average Bonchev–Trinajstić information content (AvgIpc) is 3.07. The fourth-order valence-electron chi connectivity index (χ4n) is 2.49. The molecule has 0 aliphatic rings. The lowest BCUT2D eigenvalue weighted by molar-refractivity contribution is 0.0629. The van der Waals surface area contributed by atoms with E-state index in [0.717, 1.165) is 16.1 Å². The first kappa shape index (κ1) is 18.4. The van der Waals surface area contributed by atoms with Crippen molar-refractivity contribution in [1.82, 2.24) is 15.6 Å². The van der Waals surface area contributed by atoms with Gasteiger partial charge in [-0.25, -0.2) is 4.79 Å². The van der Waals surface area contributed by atoms with Crippen LogP contribution >= 0.6 is 11.3 Å². The maximum Gasteiger partial charge on any atom is 0.315 e. The molecule has 0 aliphatic carbocycles. The zero-order chi connectivity index (χ0) is 17.7. The van der Waals surface area contributed by atoms with Crippen molar-refractivity contribution in [3.05, 3.63) is 52.0 Å². The van der Waals surface area contributed by atoms with Gasteiger partial charge in [-0.2, -0.15) is 0 Å². The van der Waals surface area contributed by atoms with Crippen molar-refractivity contribution in [3.63, 3.8) is 0 Å². The Morgan fingerprint density at radius 3 is 2.71 bits per heavy atom. The Morgan fingerprint density at radius 1 is 1.38 bits per heavy atom. The topological polar surface area (TPSA) is 74.2 Å². The van der Waals surface area contributed by atoms with Crippen molar-refractivity contribution in [3.8, 4) is 0 Å². The lowest BCUT2D eigenvalue weighted by Gasteiger charge is -2.26. The van der Waals surface area contributed by atoms with Crippen LogP contribution in [-0.4, -0.2) is 22.7 Å². The van der Waals surface area contributed by atoms with Crippen LogP contribution in [0.15, 0.2) is 35.8 Å². The summed E-state index contributed by atoms with van der Waals surface area (Å²) in [5.41, 5.74) is 0.828. The Bertz CT molecular complexity index is 669. The number of aliphatic hydroxyl groups is 1. The van der Waals surface area contributed by atoms with Gasteiger partial charge in [0.1, 0.15) is 5.60 Å². The van der Waals surface area contributed by atoms with Gasteiger partial charge in [0.15, 0.2) is 0 Å². The molecule has 2 atom stereocenters. The summed E-state index contributed by atoms with van der Waals surface area (Å²) in [6, 6.07) is 7.12. The Hall–Kier alpha value is -1.92. The van der Waals surface area contributed by atoms with E-state index < -0.39 is 5.60 Å². The first-order valence-corrected chi connectivity index (χ1v) is 8.91. The molecular weight excluding hydrogens is 322 g/mol. The van der Waals surface area contributed by atoms with Crippen molar-refractivity contribution in [2.75, 3.05) is 6.54 Å². The molecule has 0 bridgehead atoms. The number of thiophene rings is 1. The van der Waals surface area contributed by atoms with Crippen LogP contribution in [0.3, 0.4) is 0 Å². The molecule has 0 saturated carbocycles. The molecule has 0 radical (unpaired) electrons. The van der Waals surface area contributed by atoms with Crippen LogP contribution in [-0.2, 0) is 5.60 Å². The van der Waals surface area contributed by atoms with Crippen LogP contribution in [0, 0.1) is 12.8 Å². The summed E-state index contributed by atoms with van der Waals surface area (Å²) < 4.78 is 0. The fourth-order valence-corrected chi connectivity index (χ4v) is 3.28. The number of rotatable bonds is 6. The Kier molecular flexibility index (Phi) is 5.96. The minimum absolute atomic E-state index is 0.144. The number of urea groups is 1. The highest BCUT2D eigenvalue weighted by Crippen LogP contribution is 2.25. The number of hydrogen-bond donors (Lipinski definition) is 3. The molecule has 3 N–H and O–H groups in total. The summed E-state index contributed by atoms with van der Waals surface area (Å²) in [5, 5.41) is 18.1. The van der Waals surface area contributed by atoms with Crippen molar-refractivity contribution in [1.29, 1.82) is 0 Å². The van der Waals surface area contributed by atoms with E-state index >= 15 is 0 Å². The number of carbonyl (C=O) groups excluding carboxylic acids is 1. The molecule has 0 aromatic carbocycles. The number of aryl methyl sites for hydroxylation is 1. The van der Waals surface area contributed by atoms with E-state index in [0.29, 0.717) is 0 Å². The third-order valence-electron chi connectivity index (χ3n) is 3.94. The number of hydrogen-bond acceptors (Lipinski definition) is 4. The summed E-state index contributed by atoms with van der Waals surface area (Å²) in [6.45, 7) is 7.91. The zero-order valence-corrected chi connectivity index (χ0v) is 15.4. The largest absolute Gasteiger partial charge is 0.383 e. The van der Waals surface area contributed by atoms with Gasteiger partial charge >= 0.3 is 6.03 Å². The third kappa shape index (κ3) is 4.55. The maximum atomic E-state index is 12.3. The molecular formula is C18H25N3O2S. The van der Waals surface area contributed by atoms with E-state index in [1.54, 1.807) is 13.1 Å². The Labute approximate surface area is 147 Å². The normalized spacial score (nSPS) is 14.9. The SMILES string of the molecule is Cc1cccnc1C(NC(=O)NCC(C)(O)c1cccs1)C(C)C. The van der Waals surface area contributed by atoms with Gasteiger partial charge in [-0.05, 0) is 42.8 Å².